The van der Waals surface area contributed by atoms with Crippen molar-refractivity contribution in [1.29, 1.82) is 0 Å². The number of fused-ring (bicyclic) bond motifs is 5. The van der Waals surface area contributed by atoms with E-state index >= 15 is 0 Å². The predicted molar refractivity (Wildman–Crippen MR) is 89.0 cm³/mol. The van der Waals surface area contributed by atoms with Crippen LogP contribution in [0.5, 0.6) is 0 Å². The molecule has 0 aromatic carbocycles. The van der Waals surface area contributed by atoms with Gasteiger partial charge in [0.05, 0.1) is 12.2 Å². The van der Waals surface area contributed by atoms with Crippen molar-refractivity contribution >= 4 is 16.6 Å². The molecule has 3 aliphatic rings. The Balaban J connectivity index is 1.55. The lowest BCUT2D eigenvalue weighted by atomic mass is 9.81. The quantitative estimate of drug-likeness (QED) is 0.498. The second-order valence-electron chi connectivity index (χ2n) is 8.76. The molecule has 1 heterocycles. The molecule has 0 spiro atoms. The van der Waals surface area contributed by atoms with Crippen molar-refractivity contribution in [1.82, 2.24) is 0 Å². The van der Waals surface area contributed by atoms with Crippen molar-refractivity contribution < 1.29 is 8.85 Å². The monoisotopic (exact) mass is 312 g/mol. The molecule has 0 amide bonds. The lowest BCUT2D eigenvalue weighted by molar-refractivity contribution is 0.170. The zero-order valence-corrected chi connectivity index (χ0v) is 16.0. The van der Waals surface area contributed by atoms with Gasteiger partial charge in [-0.1, -0.05) is 13.3 Å². The van der Waals surface area contributed by atoms with Crippen LogP contribution in [0.25, 0.3) is 0 Å². The van der Waals surface area contributed by atoms with Crippen LogP contribution < -0.4 is 0 Å². The Bertz CT molecular complexity index is 383. The molecule has 3 rings (SSSR count). The summed E-state index contributed by atoms with van der Waals surface area (Å²) in [6, 6.07) is 2.65. The van der Waals surface area contributed by atoms with E-state index in [2.05, 4.69) is 33.1 Å². The third-order valence-electron chi connectivity index (χ3n) is 5.91. The Labute approximate surface area is 126 Å². The summed E-state index contributed by atoms with van der Waals surface area (Å²) in [7, 11) is -2.91. The van der Waals surface area contributed by atoms with Gasteiger partial charge < -0.3 is 8.85 Å². The van der Waals surface area contributed by atoms with Gasteiger partial charge in [0.25, 0.3) is 0 Å². The highest BCUT2D eigenvalue weighted by Crippen LogP contribution is 2.66. The summed E-state index contributed by atoms with van der Waals surface area (Å²) in [5, 5.41) is 0. The van der Waals surface area contributed by atoms with Crippen molar-refractivity contribution in [2.24, 2.45) is 11.3 Å². The minimum Gasteiger partial charge on any atom is -0.455 e. The maximum Gasteiger partial charge on any atom is 0.173 e. The molecule has 2 bridgehead atoms. The van der Waals surface area contributed by atoms with Crippen molar-refractivity contribution in [3.63, 3.8) is 0 Å². The van der Waals surface area contributed by atoms with E-state index in [1.807, 2.05) is 0 Å². The highest BCUT2D eigenvalue weighted by Gasteiger charge is 2.67. The third kappa shape index (κ3) is 2.81. The van der Waals surface area contributed by atoms with Crippen LogP contribution >= 0.6 is 0 Å². The maximum absolute atomic E-state index is 6.71. The lowest BCUT2D eigenvalue weighted by Gasteiger charge is -2.36. The van der Waals surface area contributed by atoms with Crippen molar-refractivity contribution in [3.05, 3.63) is 0 Å². The van der Waals surface area contributed by atoms with Gasteiger partial charge in [-0.05, 0) is 75.3 Å². The Morgan fingerprint density at radius 1 is 1.15 bits per heavy atom. The van der Waals surface area contributed by atoms with Crippen LogP contribution in [0.15, 0.2) is 0 Å². The van der Waals surface area contributed by atoms with Gasteiger partial charge in [-0.2, -0.15) is 0 Å². The van der Waals surface area contributed by atoms with Crippen LogP contribution in [0.3, 0.4) is 0 Å². The van der Waals surface area contributed by atoms with E-state index in [-0.39, 0.29) is 0 Å². The molecule has 0 radical (unpaired) electrons. The smallest absolute Gasteiger partial charge is 0.173 e. The van der Waals surface area contributed by atoms with E-state index in [4.69, 9.17) is 8.85 Å². The van der Waals surface area contributed by atoms with Crippen LogP contribution in [0.1, 0.15) is 39.0 Å². The standard InChI is InChI=1S/C16H32O2Si2/c1-6-10-19(2,3)18-20(4,5)11-9-16-8-7-13(12-16)14-15(16)17-14/h13-15H,6-12H2,1-5H3. The molecule has 4 unspecified atom stereocenters. The van der Waals surface area contributed by atoms with Crippen molar-refractivity contribution in [2.45, 2.75) is 89.5 Å². The molecule has 1 aliphatic heterocycles. The lowest BCUT2D eigenvalue weighted by Crippen LogP contribution is -2.44. The number of hydrogen-bond donors (Lipinski definition) is 0. The molecule has 1 saturated heterocycles. The van der Waals surface area contributed by atoms with E-state index in [0.717, 1.165) is 5.92 Å². The van der Waals surface area contributed by atoms with Gasteiger partial charge >= 0.3 is 0 Å². The average molecular weight is 313 g/mol. The number of ether oxygens (including phenoxy) is 1. The zero-order chi connectivity index (χ0) is 14.6. The van der Waals surface area contributed by atoms with Gasteiger partial charge in [-0.25, -0.2) is 0 Å². The topological polar surface area (TPSA) is 21.8 Å². The van der Waals surface area contributed by atoms with Gasteiger partial charge in [0.2, 0.25) is 0 Å². The third-order valence-corrected chi connectivity index (χ3v) is 13.5. The normalized spacial score (nSPS) is 39.1. The van der Waals surface area contributed by atoms with Gasteiger partial charge in [0.15, 0.2) is 16.6 Å². The summed E-state index contributed by atoms with van der Waals surface area (Å²) in [6.45, 7) is 12.0. The number of rotatable bonds is 7. The first-order valence-corrected chi connectivity index (χ1v) is 14.9. The molecule has 0 aromatic heterocycles. The first-order chi connectivity index (χ1) is 9.27. The molecular formula is C16H32O2Si2. The van der Waals surface area contributed by atoms with Crippen LogP contribution in [-0.2, 0) is 8.85 Å². The van der Waals surface area contributed by atoms with Crippen molar-refractivity contribution in [2.75, 3.05) is 0 Å². The average Bonchev–Trinajstić information content (AvgIpc) is 2.96. The first-order valence-electron chi connectivity index (χ1n) is 8.63. The molecule has 4 heteroatoms. The van der Waals surface area contributed by atoms with E-state index in [9.17, 15) is 0 Å². The second kappa shape index (κ2) is 4.93. The molecule has 116 valence electrons. The van der Waals surface area contributed by atoms with Crippen LogP contribution in [-0.4, -0.2) is 28.8 Å². The summed E-state index contributed by atoms with van der Waals surface area (Å²) in [5.74, 6) is 0.914. The molecule has 2 saturated carbocycles. The largest absolute Gasteiger partial charge is 0.455 e. The molecular weight excluding hydrogens is 280 g/mol. The molecule has 3 fully saturated rings. The molecule has 4 atom stereocenters. The fraction of sp³-hybridized carbons (Fsp3) is 1.00. The highest BCUT2D eigenvalue weighted by molar-refractivity contribution is 6.84. The molecule has 20 heavy (non-hydrogen) atoms. The Hall–Kier alpha value is 0.354. The predicted octanol–water partition coefficient (Wildman–Crippen LogP) is 4.78. The van der Waals surface area contributed by atoms with E-state index in [1.165, 1.54) is 44.2 Å². The van der Waals surface area contributed by atoms with E-state index in [1.54, 1.807) is 0 Å². The summed E-state index contributed by atoms with van der Waals surface area (Å²) in [6.07, 6.45) is 8.28. The summed E-state index contributed by atoms with van der Waals surface area (Å²) >= 11 is 0. The maximum atomic E-state index is 6.71. The van der Waals surface area contributed by atoms with Gasteiger partial charge in [-0.15, -0.1) is 0 Å². The Morgan fingerprint density at radius 2 is 1.85 bits per heavy atom. The Kier molecular flexibility index (Phi) is 3.76. The highest BCUT2D eigenvalue weighted by atomic mass is 28.4. The summed E-state index contributed by atoms with van der Waals surface area (Å²) in [5.41, 5.74) is 0.569. The van der Waals surface area contributed by atoms with Gasteiger partial charge in [-0.3, -0.25) is 0 Å². The SMILES string of the molecule is CCC[Si](C)(C)O[Si](C)(C)CCC12CCC(C1)C1OC12. The van der Waals surface area contributed by atoms with Gasteiger partial charge in [0.1, 0.15) is 0 Å². The molecule has 0 N–H and O–H groups in total. The minimum atomic E-state index is -1.49. The second-order valence-corrected chi connectivity index (χ2v) is 17.6. The zero-order valence-electron chi connectivity index (χ0n) is 14.0. The fourth-order valence-electron chi connectivity index (χ4n) is 5.08. The number of hydrogen-bond acceptors (Lipinski definition) is 2. The van der Waals surface area contributed by atoms with Gasteiger partial charge in [0, 0.05) is 0 Å². The minimum absolute atomic E-state index is 0.569. The summed E-state index contributed by atoms with van der Waals surface area (Å²) < 4.78 is 12.6. The molecule has 2 nitrogen and oxygen atoms in total. The van der Waals surface area contributed by atoms with Crippen molar-refractivity contribution in [3.8, 4) is 0 Å². The van der Waals surface area contributed by atoms with Crippen LogP contribution in [0.4, 0.5) is 0 Å². The Morgan fingerprint density at radius 3 is 2.45 bits per heavy atom. The van der Waals surface area contributed by atoms with Crippen LogP contribution in [0.2, 0.25) is 38.3 Å². The fourth-order valence-corrected chi connectivity index (χ4v) is 14.2. The van der Waals surface area contributed by atoms with E-state index in [0.29, 0.717) is 17.6 Å². The van der Waals surface area contributed by atoms with E-state index < -0.39 is 16.6 Å². The first kappa shape index (κ1) is 15.3. The number of epoxide rings is 1. The molecule has 0 aromatic rings. The van der Waals surface area contributed by atoms with Crippen LogP contribution in [0, 0.1) is 11.3 Å². The molecule has 2 aliphatic carbocycles. The summed E-state index contributed by atoms with van der Waals surface area (Å²) in [4.78, 5) is 0.